The first-order valence-electron chi connectivity index (χ1n) is 5.79. The number of carbonyl (C=O) groups is 1. The van der Waals surface area contributed by atoms with Gasteiger partial charge in [-0.3, -0.25) is 9.69 Å². The van der Waals surface area contributed by atoms with Gasteiger partial charge >= 0.3 is 5.97 Å². The highest BCUT2D eigenvalue weighted by Gasteiger charge is 2.30. The van der Waals surface area contributed by atoms with Gasteiger partial charge in [0, 0.05) is 19.2 Å². The Hall–Kier alpha value is -0.610. The van der Waals surface area contributed by atoms with Crippen molar-refractivity contribution in [1.29, 1.82) is 0 Å². The minimum Gasteiger partial charge on any atom is -0.480 e. The van der Waals surface area contributed by atoms with Gasteiger partial charge in [0.1, 0.15) is 0 Å². The fourth-order valence-corrected chi connectivity index (χ4v) is 2.16. The molecule has 15 heavy (non-hydrogen) atoms. The predicted molar refractivity (Wildman–Crippen MR) is 55.8 cm³/mol. The molecule has 1 aliphatic heterocycles. The molecule has 0 amide bonds. The van der Waals surface area contributed by atoms with Crippen LogP contribution in [-0.2, 0) is 9.53 Å². The lowest BCUT2D eigenvalue weighted by Crippen LogP contribution is -2.44. The number of nitrogens with zero attached hydrogens (tertiary/aromatic N) is 1. The number of carboxylic acid groups (broad SMARTS) is 1. The SMILES string of the molecule is O=C(O)CN(CC1CC1)C1CCCOC1. The van der Waals surface area contributed by atoms with Gasteiger partial charge in [-0.05, 0) is 31.6 Å². The third-order valence-corrected chi connectivity index (χ3v) is 3.18. The summed E-state index contributed by atoms with van der Waals surface area (Å²) in [5.41, 5.74) is 0. The highest BCUT2D eigenvalue weighted by atomic mass is 16.5. The number of ether oxygens (including phenoxy) is 1. The van der Waals surface area contributed by atoms with Crippen LogP contribution in [0.5, 0.6) is 0 Å². The fraction of sp³-hybridized carbons (Fsp3) is 0.909. The van der Waals surface area contributed by atoms with Crippen molar-refractivity contribution in [1.82, 2.24) is 4.90 Å². The molecule has 2 rings (SSSR count). The second kappa shape index (κ2) is 4.94. The van der Waals surface area contributed by atoms with E-state index in [9.17, 15) is 4.79 Å². The topological polar surface area (TPSA) is 49.8 Å². The standard InChI is InChI=1S/C11H19NO3/c13-11(14)7-12(6-9-3-4-9)10-2-1-5-15-8-10/h9-10H,1-8H2,(H,13,14). The molecule has 86 valence electrons. The van der Waals surface area contributed by atoms with Crippen LogP contribution in [0, 0.1) is 5.92 Å². The first-order chi connectivity index (χ1) is 7.25. The van der Waals surface area contributed by atoms with E-state index in [2.05, 4.69) is 4.90 Å². The largest absolute Gasteiger partial charge is 0.480 e. The van der Waals surface area contributed by atoms with Gasteiger partial charge in [-0.2, -0.15) is 0 Å². The quantitative estimate of drug-likeness (QED) is 0.739. The van der Waals surface area contributed by atoms with Gasteiger partial charge in [-0.25, -0.2) is 0 Å². The summed E-state index contributed by atoms with van der Waals surface area (Å²) in [4.78, 5) is 12.9. The minimum atomic E-state index is -0.721. The molecule has 4 heteroatoms. The Morgan fingerprint density at radius 1 is 1.40 bits per heavy atom. The first-order valence-corrected chi connectivity index (χ1v) is 5.79. The molecule has 0 aromatic carbocycles. The lowest BCUT2D eigenvalue weighted by atomic mass is 10.1. The van der Waals surface area contributed by atoms with E-state index >= 15 is 0 Å². The van der Waals surface area contributed by atoms with E-state index < -0.39 is 5.97 Å². The molecular weight excluding hydrogens is 194 g/mol. The second-order valence-electron chi connectivity index (χ2n) is 4.64. The monoisotopic (exact) mass is 213 g/mol. The van der Waals surface area contributed by atoms with E-state index in [1.165, 1.54) is 12.8 Å². The van der Waals surface area contributed by atoms with E-state index in [1.54, 1.807) is 0 Å². The number of aliphatic carboxylic acids is 1. The fourth-order valence-electron chi connectivity index (χ4n) is 2.16. The van der Waals surface area contributed by atoms with Gasteiger partial charge in [0.25, 0.3) is 0 Å². The van der Waals surface area contributed by atoms with E-state index in [0.29, 0.717) is 12.6 Å². The molecule has 0 bridgehead atoms. The normalized spacial score (nSPS) is 26.9. The van der Waals surface area contributed by atoms with Crippen LogP contribution in [-0.4, -0.2) is 48.3 Å². The maximum atomic E-state index is 10.8. The van der Waals surface area contributed by atoms with Crippen LogP contribution in [0.4, 0.5) is 0 Å². The van der Waals surface area contributed by atoms with Crippen LogP contribution < -0.4 is 0 Å². The third kappa shape index (κ3) is 3.47. The van der Waals surface area contributed by atoms with Crippen molar-refractivity contribution in [2.24, 2.45) is 5.92 Å². The molecule has 1 N–H and O–H groups in total. The molecule has 4 nitrogen and oxygen atoms in total. The molecule has 1 atom stereocenters. The predicted octanol–water partition coefficient (Wildman–Crippen LogP) is 0.962. The Kier molecular flexibility index (Phi) is 3.59. The van der Waals surface area contributed by atoms with Crippen molar-refractivity contribution in [3.8, 4) is 0 Å². The van der Waals surface area contributed by atoms with Gasteiger partial charge in [0.15, 0.2) is 0 Å². The molecule has 1 saturated carbocycles. The smallest absolute Gasteiger partial charge is 0.317 e. The zero-order valence-corrected chi connectivity index (χ0v) is 9.02. The Labute approximate surface area is 90.2 Å². The molecule has 0 aromatic heterocycles. The average Bonchev–Trinajstić information content (AvgIpc) is 3.01. The molecule has 0 aromatic rings. The Bertz CT molecular complexity index is 222. The van der Waals surface area contributed by atoms with Gasteiger partial charge < -0.3 is 9.84 Å². The van der Waals surface area contributed by atoms with Crippen LogP contribution in [0.3, 0.4) is 0 Å². The Morgan fingerprint density at radius 3 is 2.73 bits per heavy atom. The zero-order valence-electron chi connectivity index (χ0n) is 9.02. The summed E-state index contributed by atoms with van der Waals surface area (Å²) in [7, 11) is 0. The molecule has 2 fully saturated rings. The van der Waals surface area contributed by atoms with E-state index in [4.69, 9.17) is 9.84 Å². The number of hydrogen-bond donors (Lipinski definition) is 1. The minimum absolute atomic E-state index is 0.171. The molecule has 1 unspecified atom stereocenters. The Balaban J connectivity index is 1.86. The number of hydrogen-bond acceptors (Lipinski definition) is 3. The lowest BCUT2D eigenvalue weighted by Gasteiger charge is -2.33. The number of carboxylic acids is 1. The van der Waals surface area contributed by atoms with E-state index in [0.717, 1.165) is 31.9 Å². The van der Waals surface area contributed by atoms with Crippen molar-refractivity contribution in [2.45, 2.75) is 31.7 Å². The van der Waals surface area contributed by atoms with Crippen LogP contribution in [0.25, 0.3) is 0 Å². The number of rotatable bonds is 5. The summed E-state index contributed by atoms with van der Waals surface area (Å²) in [6.07, 6.45) is 4.68. The summed E-state index contributed by atoms with van der Waals surface area (Å²) in [6, 6.07) is 0.329. The summed E-state index contributed by atoms with van der Waals surface area (Å²) in [5, 5.41) is 8.87. The molecule has 1 heterocycles. The maximum absolute atomic E-state index is 10.8. The average molecular weight is 213 g/mol. The van der Waals surface area contributed by atoms with Crippen LogP contribution >= 0.6 is 0 Å². The van der Waals surface area contributed by atoms with Crippen molar-refractivity contribution in [3.05, 3.63) is 0 Å². The van der Waals surface area contributed by atoms with Gasteiger partial charge in [0.05, 0.1) is 13.2 Å². The van der Waals surface area contributed by atoms with Crippen molar-refractivity contribution >= 4 is 5.97 Å². The highest BCUT2D eigenvalue weighted by molar-refractivity contribution is 5.69. The maximum Gasteiger partial charge on any atom is 0.317 e. The van der Waals surface area contributed by atoms with Crippen LogP contribution in [0.1, 0.15) is 25.7 Å². The third-order valence-electron chi connectivity index (χ3n) is 3.18. The van der Waals surface area contributed by atoms with E-state index in [-0.39, 0.29) is 6.54 Å². The molecule has 1 aliphatic carbocycles. The molecule has 0 radical (unpaired) electrons. The van der Waals surface area contributed by atoms with Crippen molar-refractivity contribution < 1.29 is 14.6 Å². The lowest BCUT2D eigenvalue weighted by molar-refractivity contribution is -0.139. The van der Waals surface area contributed by atoms with Crippen molar-refractivity contribution in [2.75, 3.05) is 26.3 Å². The van der Waals surface area contributed by atoms with Crippen molar-refractivity contribution in [3.63, 3.8) is 0 Å². The van der Waals surface area contributed by atoms with Gasteiger partial charge in [-0.1, -0.05) is 0 Å². The summed E-state index contributed by atoms with van der Waals surface area (Å²) in [6.45, 7) is 2.66. The molecular formula is C11H19NO3. The van der Waals surface area contributed by atoms with Gasteiger partial charge in [0.2, 0.25) is 0 Å². The second-order valence-corrected chi connectivity index (χ2v) is 4.64. The molecule has 1 saturated heterocycles. The Morgan fingerprint density at radius 2 is 2.20 bits per heavy atom. The summed E-state index contributed by atoms with van der Waals surface area (Å²) < 4.78 is 5.41. The van der Waals surface area contributed by atoms with Crippen LogP contribution in [0.15, 0.2) is 0 Å². The van der Waals surface area contributed by atoms with Crippen LogP contribution in [0.2, 0.25) is 0 Å². The zero-order chi connectivity index (χ0) is 10.7. The summed E-state index contributed by atoms with van der Waals surface area (Å²) >= 11 is 0. The summed E-state index contributed by atoms with van der Waals surface area (Å²) in [5.74, 6) is 0.0208. The first kappa shape index (κ1) is 10.9. The van der Waals surface area contributed by atoms with E-state index in [1.807, 2.05) is 0 Å². The van der Waals surface area contributed by atoms with Gasteiger partial charge in [-0.15, -0.1) is 0 Å². The highest BCUT2D eigenvalue weighted by Crippen LogP contribution is 2.31. The molecule has 0 spiro atoms. The molecule has 2 aliphatic rings.